The Balaban J connectivity index is 1.32. The Labute approximate surface area is 178 Å². The number of rotatable bonds is 4. The molecule has 2 heterocycles. The van der Waals surface area contributed by atoms with E-state index in [2.05, 4.69) is 15.4 Å². The molecule has 0 bridgehead atoms. The number of amides is 1. The van der Waals surface area contributed by atoms with E-state index in [1.54, 1.807) is 16.8 Å². The molecule has 0 radical (unpaired) electrons. The van der Waals surface area contributed by atoms with Crippen LogP contribution < -0.4 is 5.32 Å². The van der Waals surface area contributed by atoms with Crippen LogP contribution in [0, 0.1) is 5.82 Å². The Hall–Kier alpha value is -3.48. The van der Waals surface area contributed by atoms with Gasteiger partial charge in [0.2, 0.25) is 0 Å². The third-order valence-electron chi connectivity index (χ3n) is 6.06. The van der Waals surface area contributed by atoms with E-state index in [9.17, 15) is 9.18 Å². The Kier molecular flexibility index (Phi) is 4.16. The molecule has 0 saturated heterocycles. The molecular formula is C24H21FN4O2. The van der Waals surface area contributed by atoms with Gasteiger partial charge in [-0.2, -0.15) is 5.10 Å². The van der Waals surface area contributed by atoms with Gasteiger partial charge < -0.3 is 9.73 Å². The van der Waals surface area contributed by atoms with Crippen molar-refractivity contribution in [1.29, 1.82) is 0 Å². The van der Waals surface area contributed by atoms with Gasteiger partial charge in [-0.1, -0.05) is 0 Å². The van der Waals surface area contributed by atoms with Crippen LogP contribution in [0.3, 0.4) is 0 Å². The molecule has 1 fully saturated rings. The largest absolute Gasteiger partial charge is 0.440 e. The molecule has 2 aliphatic carbocycles. The highest BCUT2D eigenvalue weighted by molar-refractivity contribution is 6.04. The van der Waals surface area contributed by atoms with Crippen LogP contribution in [0.2, 0.25) is 0 Å². The van der Waals surface area contributed by atoms with Gasteiger partial charge in [0.1, 0.15) is 11.3 Å². The summed E-state index contributed by atoms with van der Waals surface area (Å²) in [5.74, 6) is 0.679. The van der Waals surface area contributed by atoms with Gasteiger partial charge in [-0.05, 0) is 81.0 Å². The number of carbonyl (C=O) groups is 1. The van der Waals surface area contributed by atoms with Gasteiger partial charge in [0, 0.05) is 22.9 Å². The normalized spacial score (nSPS) is 15.8. The van der Waals surface area contributed by atoms with Crippen molar-refractivity contribution in [2.24, 2.45) is 0 Å². The Bertz CT molecular complexity index is 1300. The highest BCUT2D eigenvalue weighted by Crippen LogP contribution is 2.40. The van der Waals surface area contributed by atoms with Gasteiger partial charge in [-0.3, -0.25) is 4.79 Å². The molecule has 1 saturated carbocycles. The fraction of sp³-hybridized carbons (Fsp3) is 0.292. The quantitative estimate of drug-likeness (QED) is 0.499. The molecular weight excluding hydrogens is 395 g/mol. The third-order valence-corrected chi connectivity index (χ3v) is 6.06. The van der Waals surface area contributed by atoms with E-state index in [1.165, 1.54) is 12.1 Å². The van der Waals surface area contributed by atoms with Gasteiger partial charge in [0.15, 0.2) is 17.2 Å². The number of hydrogen-bond acceptors (Lipinski definition) is 4. The van der Waals surface area contributed by atoms with Crippen LogP contribution in [0.15, 0.2) is 46.9 Å². The highest BCUT2D eigenvalue weighted by Gasteiger charge is 2.29. The summed E-state index contributed by atoms with van der Waals surface area (Å²) in [5.41, 5.74) is 5.34. The molecule has 1 amide bonds. The maximum Gasteiger partial charge on any atom is 0.276 e. The maximum absolute atomic E-state index is 13.4. The van der Waals surface area contributed by atoms with Crippen molar-refractivity contribution < 1.29 is 13.6 Å². The van der Waals surface area contributed by atoms with Crippen molar-refractivity contribution >= 4 is 22.7 Å². The standard InChI is InChI=1S/C24H21FN4O2/c25-15-7-10-17(11-8-15)29-20-4-2-1-3-18(20)22(28-29)23(30)26-16-9-12-21-19(13-16)27-24(31-21)14-5-6-14/h7-14H,1-6H2,(H,26,30). The molecule has 6 nitrogen and oxygen atoms in total. The summed E-state index contributed by atoms with van der Waals surface area (Å²) in [7, 11) is 0. The average Bonchev–Trinajstić information content (AvgIpc) is 3.43. The van der Waals surface area contributed by atoms with Gasteiger partial charge in [-0.15, -0.1) is 0 Å². The number of halogens is 1. The van der Waals surface area contributed by atoms with Crippen LogP contribution in [0.1, 0.15) is 59.2 Å². The molecule has 2 aromatic carbocycles. The number of hydrogen-bond donors (Lipinski definition) is 1. The smallest absolute Gasteiger partial charge is 0.276 e. The van der Waals surface area contributed by atoms with E-state index < -0.39 is 0 Å². The molecule has 7 heteroatoms. The molecule has 156 valence electrons. The van der Waals surface area contributed by atoms with Crippen LogP contribution in [-0.4, -0.2) is 20.7 Å². The fourth-order valence-electron chi connectivity index (χ4n) is 4.30. The van der Waals surface area contributed by atoms with Crippen molar-refractivity contribution in [3.8, 4) is 5.69 Å². The van der Waals surface area contributed by atoms with Crippen LogP contribution in [0.4, 0.5) is 10.1 Å². The zero-order valence-electron chi connectivity index (χ0n) is 16.9. The first kappa shape index (κ1) is 18.3. The maximum atomic E-state index is 13.4. The molecule has 6 rings (SSSR count). The summed E-state index contributed by atoms with van der Waals surface area (Å²) in [4.78, 5) is 17.7. The molecule has 0 spiro atoms. The van der Waals surface area contributed by atoms with Crippen molar-refractivity contribution in [1.82, 2.24) is 14.8 Å². The minimum Gasteiger partial charge on any atom is -0.440 e. The van der Waals surface area contributed by atoms with Crippen LogP contribution >= 0.6 is 0 Å². The minimum absolute atomic E-state index is 0.246. The van der Waals surface area contributed by atoms with E-state index in [0.29, 0.717) is 17.3 Å². The van der Waals surface area contributed by atoms with Crippen LogP contribution in [0.25, 0.3) is 16.8 Å². The van der Waals surface area contributed by atoms with E-state index >= 15 is 0 Å². The number of nitrogens with zero attached hydrogens (tertiary/aromatic N) is 3. The lowest BCUT2D eigenvalue weighted by Gasteiger charge is -2.14. The lowest BCUT2D eigenvalue weighted by molar-refractivity contribution is 0.102. The van der Waals surface area contributed by atoms with Gasteiger partial charge in [0.25, 0.3) is 5.91 Å². The number of anilines is 1. The molecule has 2 aromatic heterocycles. The lowest BCUT2D eigenvalue weighted by Crippen LogP contribution is -2.15. The fourth-order valence-corrected chi connectivity index (χ4v) is 4.30. The molecule has 1 N–H and O–H groups in total. The predicted octanol–water partition coefficient (Wildman–Crippen LogP) is 5.16. The van der Waals surface area contributed by atoms with Gasteiger partial charge in [-0.25, -0.2) is 14.1 Å². The average molecular weight is 416 g/mol. The first-order valence-electron chi connectivity index (χ1n) is 10.7. The monoisotopic (exact) mass is 416 g/mol. The molecule has 31 heavy (non-hydrogen) atoms. The van der Waals surface area contributed by atoms with Gasteiger partial charge in [0.05, 0.1) is 5.69 Å². The number of oxazole rings is 1. The van der Waals surface area contributed by atoms with Crippen LogP contribution in [0.5, 0.6) is 0 Å². The van der Waals surface area contributed by atoms with Crippen molar-refractivity contribution in [2.45, 2.75) is 44.4 Å². The first-order valence-corrected chi connectivity index (χ1v) is 10.7. The van der Waals surface area contributed by atoms with E-state index in [1.807, 2.05) is 18.2 Å². The Morgan fingerprint density at radius 1 is 1.10 bits per heavy atom. The molecule has 2 aliphatic rings. The summed E-state index contributed by atoms with van der Waals surface area (Å²) in [5, 5.41) is 7.61. The van der Waals surface area contributed by atoms with Crippen molar-refractivity contribution in [2.75, 3.05) is 5.32 Å². The molecule has 4 aromatic rings. The predicted molar refractivity (Wildman–Crippen MR) is 114 cm³/mol. The van der Waals surface area contributed by atoms with Gasteiger partial charge >= 0.3 is 0 Å². The Morgan fingerprint density at radius 3 is 2.71 bits per heavy atom. The second-order valence-corrected chi connectivity index (χ2v) is 8.33. The number of aromatic nitrogens is 3. The SMILES string of the molecule is O=C(Nc1ccc2oc(C3CC3)nc2c1)c1nn(-c2ccc(F)cc2)c2c1CCCC2. The summed E-state index contributed by atoms with van der Waals surface area (Å²) in [6, 6.07) is 11.7. The third kappa shape index (κ3) is 3.30. The van der Waals surface area contributed by atoms with E-state index in [4.69, 9.17) is 4.42 Å². The number of fused-ring (bicyclic) bond motifs is 2. The van der Waals surface area contributed by atoms with E-state index in [-0.39, 0.29) is 11.7 Å². The second-order valence-electron chi connectivity index (χ2n) is 8.33. The zero-order chi connectivity index (χ0) is 20.9. The highest BCUT2D eigenvalue weighted by atomic mass is 19.1. The summed E-state index contributed by atoms with van der Waals surface area (Å²) >= 11 is 0. The summed E-state index contributed by atoms with van der Waals surface area (Å²) in [6.45, 7) is 0. The van der Waals surface area contributed by atoms with Crippen molar-refractivity contribution in [3.05, 3.63) is 71.1 Å². The summed E-state index contributed by atoms with van der Waals surface area (Å²) < 4.78 is 21.0. The van der Waals surface area contributed by atoms with Crippen molar-refractivity contribution in [3.63, 3.8) is 0 Å². The van der Waals surface area contributed by atoms with E-state index in [0.717, 1.165) is 72.5 Å². The molecule has 0 aliphatic heterocycles. The zero-order valence-corrected chi connectivity index (χ0v) is 16.9. The summed E-state index contributed by atoms with van der Waals surface area (Å²) in [6.07, 6.45) is 5.98. The number of carbonyl (C=O) groups excluding carboxylic acids is 1. The number of nitrogens with one attached hydrogen (secondary N) is 1. The lowest BCUT2D eigenvalue weighted by atomic mass is 9.95. The minimum atomic E-state index is -0.296. The topological polar surface area (TPSA) is 73.0 Å². The molecule has 0 unspecified atom stereocenters. The Morgan fingerprint density at radius 2 is 1.90 bits per heavy atom. The number of benzene rings is 2. The first-order chi connectivity index (χ1) is 15.2. The van der Waals surface area contributed by atoms with Crippen LogP contribution in [-0.2, 0) is 12.8 Å². The second kappa shape index (κ2) is 7.04. The molecule has 0 atom stereocenters.